The van der Waals surface area contributed by atoms with Crippen molar-refractivity contribution in [3.63, 3.8) is 0 Å². The van der Waals surface area contributed by atoms with Gasteiger partial charge >= 0.3 is 0 Å². The molecule has 0 spiro atoms. The van der Waals surface area contributed by atoms with E-state index in [0.29, 0.717) is 12.2 Å². The lowest BCUT2D eigenvalue weighted by molar-refractivity contribution is 0.278. The molecule has 0 aliphatic heterocycles. The van der Waals surface area contributed by atoms with Crippen LogP contribution in [0.5, 0.6) is 0 Å². The van der Waals surface area contributed by atoms with Crippen molar-refractivity contribution in [3.8, 4) is 11.4 Å². The third-order valence-electron chi connectivity index (χ3n) is 3.13. The second-order valence-corrected chi connectivity index (χ2v) is 4.42. The Kier molecular flexibility index (Phi) is 6.03. The van der Waals surface area contributed by atoms with Gasteiger partial charge in [-0.25, -0.2) is 4.98 Å². The van der Waals surface area contributed by atoms with Gasteiger partial charge in [-0.15, -0.1) is 24.8 Å². The van der Waals surface area contributed by atoms with E-state index in [4.69, 9.17) is 5.73 Å². The lowest BCUT2D eigenvalue weighted by Crippen LogP contribution is -2.04. The molecule has 0 saturated carbocycles. The Morgan fingerprint density at radius 2 is 1.76 bits per heavy atom. The zero-order valence-corrected chi connectivity index (χ0v) is 12.9. The van der Waals surface area contributed by atoms with Crippen molar-refractivity contribution in [2.45, 2.75) is 6.54 Å². The van der Waals surface area contributed by atoms with Gasteiger partial charge in [0.15, 0.2) is 0 Å². The number of hydrogen-bond donors (Lipinski definition) is 2. The van der Waals surface area contributed by atoms with Crippen LogP contribution < -0.4 is 5.73 Å². The second-order valence-electron chi connectivity index (χ2n) is 4.42. The summed E-state index contributed by atoms with van der Waals surface area (Å²) in [7, 11) is 0. The number of aliphatic hydroxyl groups excluding tert-OH is 1. The maximum absolute atomic E-state index is 9.25. The number of benzene rings is 2. The van der Waals surface area contributed by atoms with Crippen molar-refractivity contribution in [2.24, 2.45) is 0 Å². The van der Waals surface area contributed by atoms with Crippen molar-refractivity contribution < 1.29 is 5.11 Å². The molecule has 0 aliphatic rings. The highest BCUT2D eigenvalue weighted by Gasteiger charge is 2.11. The van der Waals surface area contributed by atoms with Crippen LogP contribution in [0.15, 0.2) is 48.5 Å². The first-order valence-electron chi connectivity index (χ1n) is 6.21. The van der Waals surface area contributed by atoms with Gasteiger partial charge in [-0.3, -0.25) is 0 Å². The molecule has 0 unspecified atom stereocenters. The van der Waals surface area contributed by atoms with E-state index >= 15 is 0 Å². The highest BCUT2D eigenvalue weighted by Crippen LogP contribution is 2.25. The van der Waals surface area contributed by atoms with E-state index in [2.05, 4.69) is 4.98 Å². The average Bonchev–Trinajstić information content (AvgIpc) is 2.78. The van der Waals surface area contributed by atoms with Gasteiger partial charge in [-0.2, -0.15) is 0 Å². The van der Waals surface area contributed by atoms with Crippen molar-refractivity contribution in [1.29, 1.82) is 0 Å². The van der Waals surface area contributed by atoms with Crippen LogP contribution in [0.4, 0.5) is 5.69 Å². The first-order valence-corrected chi connectivity index (χ1v) is 6.21. The Hall–Kier alpha value is -1.75. The number of aromatic nitrogens is 2. The molecule has 3 aromatic rings. The summed E-state index contributed by atoms with van der Waals surface area (Å²) < 4.78 is 2.02. The standard InChI is InChI=1S/C15H15N3O.2ClH/c16-12-6-7-14-13(10-12)17-15(18(14)8-9-19)11-4-2-1-3-5-11;;/h1-7,10,19H,8-9,16H2;2*1H. The van der Waals surface area contributed by atoms with Crippen LogP contribution in [-0.2, 0) is 6.54 Å². The van der Waals surface area contributed by atoms with Gasteiger partial charge in [-0.1, -0.05) is 30.3 Å². The van der Waals surface area contributed by atoms with Crippen molar-refractivity contribution in [1.82, 2.24) is 9.55 Å². The normalized spacial score (nSPS) is 9.95. The number of anilines is 1. The third-order valence-corrected chi connectivity index (χ3v) is 3.13. The number of hydrogen-bond acceptors (Lipinski definition) is 3. The molecule has 0 bridgehead atoms. The Labute approximate surface area is 135 Å². The van der Waals surface area contributed by atoms with Gasteiger partial charge in [0, 0.05) is 17.8 Å². The summed E-state index contributed by atoms with van der Waals surface area (Å²) in [5.41, 5.74) is 9.37. The number of nitrogen functional groups attached to an aromatic ring is 1. The molecule has 1 aromatic heterocycles. The number of nitrogens with zero attached hydrogens (tertiary/aromatic N) is 2. The SMILES string of the molecule is Cl.Cl.Nc1ccc2c(c1)nc(-c1ccccc1)n2CCO. The van der Waals surface area contributed by atoms with Crippen LogP contribution in [0.3, 0.4) is 0 Å². The van der Waals surface area contributed by atoms with Crippen molar-refractivity contribution in [3.05, 3.63) is 48.5 Å². The number of nitrogens with two attached hydrogens (primary N) is 1. The smallest absolute Gasteiger partial charge is 0.141 e. The average molecular weight is 326 g/mol. The van der Waals surface area contributed by atoms with Crippen LogP contribution >= 0.6 is 24.8 Å². The third kappa shape index (κ3) is 3.29. The molecule has 4 nitrogen and oxygen atoms in total. The first kappa shape index (κ1) is 17.3. The minimum Gasteiger partial charge on any atom is -0.399 e. The summed E-state index contributed by atoms with van der Waals surface area (Å²) in [5.74, 6) is 0.857. The van der Waals surface area contributed by atoms with Crippen LogP contribution in [0.25, 0.3) is 22.4 Å². The number of aliphatic hydroxyl groups is 1. The van der Waals surface area contributed by atoms with E-state index in [9.17, 15) is 5.11 Å². The molecule has 0 aliphatic carbocycles. The highest BCUT2D eigenvalue weighted by atomic mass is 35.5. The van der Waals surface area contributed by atoms with Gasteiger partial charge in [0.05, 0.1) is 17.6 Å². The summed E-state index contributed by atoms with van der Waals surface area (Å²) >= 11 is 0. The molecule has 21 heavy (non-hydrogen) atoms. The molecule has 1 heterocycles. The monoisotopic (exact) mass is 325 g/mol. The highest BCUT2D eigenvalue weighted by molar-refractivity contribution is 5.85. The van der Waals surface area contributed by atoms with Crippen LogP contribution in [0.1, 0.15) is 0 Å². The van der Waals surface area contributed by atoms with Gasteiger partial charge < -0.3 is 15.4 Å². The zero-order valence-electron chi connectivity index (χ0n) is 11.3. The molecule has 6 heteroatoms. The molecular formula is C15H17Cl2N3O. The van der Waals surface area contributed by atoms with Crippen LogP contribution in [-0.4, -0.2) is 21.3 Å². The minimum absolute atomic E-state index is 0. The number of fused-ring (bicyclic) bond motifs is 1. The van der Waals surface area contributed by atoms with Crippen molar-refractivity contribution >= 4 is 41.5 Å². The lowest BCUT2D eigenvalue weighted by Gasteiger charge is -2.07. The summed E-state index contributed by atoms with van der Waals surface area (Å²) in [4.78, 5) is 4.63. The summed E-state index contributed by atoms with van der Waals surface area (Å²) in [5, 5.41) is 9.25. The van der Waals surface area contributed by atoms with E-state index in [-0.39, 0.29) is 31.4 Å². The molecule has 3 N–H and O–H groups in total. The number of rotatable bonds is 3. The quantitative estimate of drug-likeness (QED) is 0.727. The minimum atomic E-state index is 0. The van der Waals surface area contributed by atoms with E-state index < -0.39 is 0 Å². The fraction of sp³-hybridized carbons (Fsp3) is 0.133. The molecule has 0 radical (unpaired) electrons. The maximum atomic E-state index is 9.25. The second kappa shape index (κ2) is 7.31. The zero-order chi connectivity index (χ0) is 13.2. The molecule has 0 fully saturated rings. The van der Waals surface area contributed by atoms with Gasteiger partial charge in [0.25, 0.3) is 0 Å². The van der Waals surface area contributed by atoms with E-state index in [0.717, 1.165) is 22.4 Å². The first-order chi connectivity index (χ1) is 9.29. The lowest BCUT2D eigenvalue weighted by atomic mass is 10.2. The van der Waals surface area contributed by atoms with Crippen LogP contribution in [0, 0.1) is 0 Å². The molecule has 3 rings (SSSR count). The van der Waals surface area contributed by atoms with Crippen molar-refractivity contribution in [2.75, 3.05) is 12.3 Å². The summed E-state index contributed by atoms with van der Waals surface area (Å²) in [6.07, 6.45) is 0. The largest absolute Gasteiger partial charge is 0.399 e. The summed E-state index contributed by atoms with van der Waals surface area (Å²) in [6, 6.07) is 15.6. The van der Waals surface area contributed by atoms with Gasteiger partial charge in [0.1, 0.15) is 5.82 Å². The maximum Gasteiger partial charge on any atom is 0.141 e. The Balaban J connectivity index is 0.00000110. The van der Waals surface area contributed by atoms with E-state index in [1.54, 1.807) is 0 Å². The van der Waals surface area contributed by atoms with Gasteiger partial charge in [0.2, 0.25) is 0 Å². The molecule has 0 amide bonds. The Bertz CT molecular complexity index is 714. The van der Waals surface area contributed by atoms with Gasteiger partial charge in [-0.05, 0) is 18.2 Å². The predicted octanol–water partition coefficient (Wildman–Crippen LogP) is 3.12. The topological polar surface area (TPSA) is 64.1 Å². The number of imidazole rings is 1. The summed E-state index contributed by atoms with van der Waals surface area (Å²) in [6.45, 7) is 0.598. The molecule has 0 saturated heterocycles. The molecule has 0 atom stereocenters. The molecule has 112 valence electrons. The predicted molar refractivity (Wildman–Crippen MR) is 91.2 cm³/mol. The van der Waals surface area contributed by atoms with E-state index in [1.165, 1.54) is 0 Å². The van der Waals surface area contributed by atoms with Crippen LogP contribution in [0.2, 0.25) is 0 Å². The van der Waals surface area contributed by atoms with E-state index in [1.807, 2.05) is 53.1 Å². The Morgan fingerprint density at radius 3 is 2.43 bits per heavy atom. The fourth-order valence-electron chi connectivity index (χ4n) is 2.28. The Morgan fingerprint density at radius 1 is 1.05 bits per heavy atom. The molecule has 2 aromatic carbocycles. The fourth-order valence-corrected chi connectivity index (χ4v) is 2.28. The molecular weight excluding hydrogens is 309 g/mol. The number of halogens is 2.